The maximum atomic E-state index is 13.3. The molecule has 2 N–H and O–H groups in total. The van der Waals surface area contributed by atoms with E-state index < -0.39 is 5.41 Å². The zero-order valence-corrected chi connectivity index (χ0v) is 15.9. The van der Waals surface area contributed by atoms with Crippen molar-refractivity contribution in [3.8, 4) is 0 Å². The predicted molar refractivity (Wildman–Crippen MR) is 99.8 cm³/mol. The summed E-state index contributed by atoms with van der Waals surface area (Å²) in [6, 6.07) is 11.0. The summed E-state index contributed by atoms with van der Waals surface area (Å²) in [5, 5.41) is 5.54. The van der Waals surface area contributed by atoms with E-state index in [1.54, 1.807) is 30.3 Å². The third kappa shape index (κ3) is 5.39. The van der Waals surface area contributed by atoms with Crippen LogP contribution < -0.4 is 10.6 Å². The predicted octanol–water partition coefficient (Wildman–Crippen LogP) is 4.50. The van der Waals surface area contributed by atoms with E-state index in [1.807, 2.05) is 20.8 Å². The van der Waals surface area contributed by atoms with Gasteiger partial charge in [-0.1, -0.05) is 42.8 Å². The molecule has 0 spiro atoms. The number of hydrogen-bond acceptors (Lipinski definition) is 2. The van der Waals surface area contributed by atoms with Crippen molar-refractivity contribution in [3.05, 3.63) is 63.9 Å². The second kappa shape index (κ2) is 7.78. The molecule has 2 aromatic carbocycles. The van der Waals surface area contributed by atoms with Gasteiger partial charge in [-0.3, -0.25) is 9.59 Å². The van der Waals surface area contributed by atoms with Gasteiger partial charge in [0.05, 0.1) is 0 Å². The van der Waals surface area contributed by atoms with Crippen LogP contribution in [0.5, 0.6) is 0 Å². The summed E-state index contributed by atoms with van der Waals surface area (Å²) in [4.78, 5) is 24.4. The van der Waals surface area contributed by atoms with E-state index >= 15 is 0 Å². The van der Waals surface area contributed by atoms with Gasteiger partial charge in [0.25, 0.3) is 5.91 Å². The Balaban J connectivity index is 2.06. The summed E-state index contributed by atoms with van der Waals surface area (Å²) < 4.78 is 14.0. The maximum absolute atomic E-state index is 13.3. The Hall–Kier alpha value is -2.21. The minimum absolute atomic E-state index is 0.131. The highest BCUT2D eigenvalue weighted by molar-refractivity contribution is 9.10. The second-order valence-electron chi connectivity index (χ2n) is 6.70. The lowest BCUT2D eigenvalue weighted by Gasteiger charge is -2.18. The minimum Gasteiger partial charge on any atom is -0.348 e. The Morgan fingerprint density at radius 1 is 1.12 bits per heavy atom. The van der Waals surface area contributed by atoms with Crippen LogP contribution in [0.15, 0.2) is 46.9 Å². The maximum Gasteiger partial charge on any atom is 0.251 e. The van der Waals surface area contributed by atoms with Gasteiger partial charge < -0.3 is 10.6 Å². The van der Waals surface area contributed by atoms with Crippen molar-refractivity contribution in [1.82, 2.24) is 5.32 Å². The van der Waals surface area contributed by atoms with Crippen LogP contribution in [-0.2, 0) is 11.3 Å². The molecule has 0 fully saturated rings. The van der Waals surface area contributed by atoms with Crippen LogP contribution in [0.1, 0.15) is 36.7 Å². The number of rotatable bonds is 4. The van der Waals surface area contributed by atoms with Gasteiger partial charge in [0.15, 0.2) is 0 Å². The van der Waals surface area contributed by atoms with E-state index in [1.165, 1.54) is 12.1 Å². The molecule has 0 bridgehead atoms. The largest absolute Gasteiger partial charge is 0.348 e. The van der Waals surface area contributed by atoms with Gasteiger partial charge in [0.2, 0.25) is 5.91 Å². The first-order valence-electron chi connectivity index (χ1n) is 7.80. The third-order valence-corrected chi connectivity index (χ3v) is 4.28. The molecule has 0 saturated carbocycles. The van der Waals surface area contributed by atoms with Gasteiger partial charge in [0, 0.05) is 27.7 Å². The molecule has 6 heteroatoms. The Bertz CT molecular complexity index is 800. The lowest BCUT2D eigenvalue weighted by atomic mass is 9.95. The molecule has 0 saturated heterocycles. The van der Waals surface area contributed by atoms with Crippen LogP contribution in [0.3, 0.4) is 0 Å². The quantitative estimate of drug-likeness (QED) is 0.784. The third-order valence-electron chi connectivity index (χ3n) is 3.51. The fraction of sp³-hybridized carbons (Fsp3) is 0.263. The van der Waals surface area contributed by atoms with Crippen LogP contribution in [0.4, 0.5) is 10.1 Å². The van der Waals surface area contributed by atoms with Crippen molar-refractivity contribution >= 4 is 33.4 Å². The lowest BCUT2D eigenvalue weighted by molar-refractivity contribution is -0.123. The van der Waals surface area contributed by atoms with E-state index in [0.717, 1.165) is 4.47 Å². The molecule has 2 amide bonds. The summed E-state index contributed by atoms with van der Waals surface area (Å²) in [5.74, 6) is -0.795. The number of halogens is 2. The molecule has 0 radical (unpaired) electrons. The van der Waals surface area contributed by atoms with Crippen molar-refractivity contribution < 1.29 is 14.0 Å². The molecule has 2 rings (SSSR count). The Morgan fingerprint density at radius 2 is 1.84 bits per heavy atom. The molecule has 0 aromatic heterocycles. The van der Waals surface area contributed by atoms with Crippen LogP contribution in [0, 0.1) is 11.2 Å². The number of amides is 2. The van der Waals surface area contributed by atoms with E-state index in [0.29, 0.717) is 16.8 Å². The summed E-state index contributed by atoms with van der Waals surface area (Å²) in [7, 11) is 0. The monoisotopic (exact) mass is 406 g/mol. The second-order valence-corrected chi connectivity index (χ2v) is 7.56. The molecule has 0 unspecified atom stereocenters. The molecular weight excluding hydrogens is 387 g/mol. The molecule has 132 valence electrons. The fourth-order valence-electron chi connectivity index (χ4n) is 2.01. The molecule has 0 aliphatic heterocycles. The zero-order chi connectivity index (χ0) is 18.6. The number of carbonyl (C=O) groups excluding carboxylic acids is 2. The highest BCUT2D eigenvalue weighted by Crippen LogP contribution is 2.19. The van der Waals surface area contributed by atoms with Gasteiger partial charge in [-0.25, -0.2) is 4.39 Å². The average Bonchev–Trinajstić information content (AvgIpc) is 2.54. The molecular formula is C19H20BrFN2O2. The van der Waals surface area contributed by atoms with Crippen LogP contribution in [-0.4, -0.2) is 11.8 Å². The molecule has 0 aliphatic carbocycles. The first-order valence-corrected chi connectivity index (χ1v) is 8.60. The zero-order valence-electron chi connectivity index (χ0n) is 14.3. The Labute approximate surface area is 154 Å². The molecule has 0 aliphatic rings. The smallest absolute Gasteiger partial charge is 0.251 e. The topological polar surface area (TPSA) is 58.2 Å². The normalized spacial score (nSPS) is 11.1. The van der Waals surface area contributed by atoms with Crippen LogP contribution in [0.2, 0.25) is 0 Å². The van der Waals surface area contributed by atoms with E-state index in [9.17, 15) is 14.0 Å². The first kappa shape index (κ1) is 19.1. The van der Waals surface area contributed by atoms with Crippen molar-refractivity contribution in [1.29, 1.82) is 0 Å². The summed E-state index contributed by atoms with van der Waals surface area (Å²) in [6.45, 7) is 5.64. The van der Waals surface area contributed by atoms with Gasteiger partial charge in [-0.2, -0.15) is 0 Å². The van der Waals surface area contributed by atoms with Crippen molar-refractivity contribution in [2.45, 2.75) is 27.3 Å². The minimum atomic E-state index is -0.526. The van der Waals surface area contributed by atoms with Gasteiger partial charge in [-0.15, -0.1) is 0 Å². The molecule has 0 heterocycles. The highest BCUT2D eigenvalue weighted by Gasteiger charge is 2.21. The summed E-state index contributed by atoms with van der Waals surface area (Å²) >= 11 is 3.33. The number of nitrogens with one attached hydrogen (secondary N) is 2. The van der Waals surface area contributed by atoms with Gasteiger partial charge in [-0.05, 0) is 42.0 Å². The standard InChI is InChI=1S/C19H20BrFN2O2/c1-19(2,3)18(25)23-15-6-4-5-12(10-15)17(24)22-11-13-9-14(21)7-8-16(13)20/h4-10H,11H2,1-3H3,(H,22,24)(H,23,25). The van der Waals surface area contributed by atoms with Crippen LogP contribution in [0.25, 0.3) is 0 Å². The summed E-state index contributed by atoms with van der Waals surface area (Å²) in [6.07, 6.45) is 0. The van der Waals surface area contributed by atoms with E-state index in [4.69, 9.17) is 0 Å². The molecule has 25 heavy (non-hydrogen) atoms. The number of carbonyl (C=O) groups is 2. The number of hydrogen-bond donors (Lipinski definition) is 2. The molecule has 2 aromatic rings. The van der Waals surface area contributed by atoms with Crippen molar-refractivity contribution in [3.63, 3.8) is 0 Å². The fourth-order valence-corrected chi connectivity index (χ4v) is 2.40. The average molecular weight is 407 g/mol. The Morgan fingerprint density at radius 3 is 2.52 bits per heavy atom. The van der Waals surface area contributed by atoms with E-state index in [-0.39, 0.29) is 24.2 Å². The highest BCUT2D eigenvalue weighted by atomic mass is 79.9. The van der Waals surface area contributed by atoms with Gasteiger partial charge in [0.1, 0.15) is 5.82 Å². The SMILES string of the molecule is CC(C)(C)C(=O)Nc1cccc(C(=O)NCc2cc(F)ccc2Br)c1. The summed E-state index contributed by atoms with van der Waals surface area (Å²) in [5.41, 5.74) is 1.09. The molecule has 4 nitrogen and oxygen atoms in total. The van der Waals surface area contributed by atoms with Crippen molar-refractivity contribution in [2.24, 2.45) is 5.41 Å². The lowest BCUT2D eigenvalue weighted by Crippen LogP contribution is -2.28. The van der Waals surface area contributed by atoms with Crippen LogP contribution >= 0.6 is 15.9 Å². The number of anilines is 1. The van der Waals surface area contributed by atoms with Crippen molar-refractivity contribution in [2.75, 3.05) is 5.32 Å². The number of benzene rings is 2. The van der Waals surface area contributed by atoms with Gasteiger partial charge >= 0.3 is 0 Å². The Kier molecular flexibility index (Phi) is 5.95. The molecule has 0 atom stereocenters. The first-order chi connectivity index (χ1) is 11.7. The van der Waals surface area contributed by atoms with E-state index in [2.05, 4.69) is 26.6 Å².